The molecule has 5 heteroatoms. The number of hydrogen-bond acceptors (Lipinski definition) is 4. The number of hydrogen-bond donors (Lipinski definition) is 1. The minimum atomic E-state index is -0.373. The summed E-state index contributed by atoms with van der Waals surface area (Å²) in [4.78, 5) is 14.7. The first-order valence-corrected chi connectivity index (χ1v) is 5.98. The van der Waals surface area contributed by atoms with Gasteiger partial charge in [-0.15, -0.1) is 0 Å². The number of anilines is 1. The number of nitro groups is 1. The second-order valence-electron chi connectivity index (χ2n) is 4.47. The predicted molar refractivity (Wildman–Crippen MR) is 76.3 cm³/mol. The van der Waals surface area contributed by atoms with E-state index in [1.807, 2.05) is 13.8 Å². The van der Waals surface area contributed by atoms with Crippen molar-refractivity contribution in [3.8, 4) is 0 Å². The summed E-state index contributed by atoms with van der Waals surface area (Å²) in [5.74, 6) is 0. The van der Waals surface area contributed by atoms with Crippen molar-refractivity contribution in [2.24, 2.45) is 0 Å². The summed E-state index contributed by atoms with van der Waals surface area (Å²) in [7, 11) is 0. The van der Waals surface area contributed by atoms with Crippen molar-refractivity contribution in [2.75, 3.05) is 11.9 Å². The largest absolute Gasteiger partial charge is 0.381 e. The fourth-order valence-corrected chi connectivity index (χ4v) is 1.85. The van der Waals surface area contributed by atoms with E-state index >= 15 is 0 Å². The minimum absolute atomic E-state index is 0.102. The molecule has 5 nitrogen and oxygen atoms in total. The quantitative estimate of drug-likeness (QED) is 0.517. The van der Waals surface area contributed by atoms with Gasteiger partial charge in [-0.1, -0.05) is 11.6 Å². The summed E-state index contributed by atoms with van der Waals surface area (Å²) in [5.41, 5.74) is 2.17. The lowest BCUT2D eigenvalue weighted by atomic mass is 10.1. The first kappa shape index (κ1) is 13.0. The van der Waals surface area contributed by atoms with Crippen molar-refractivity contribution < 1.29 is 4.92 Å². The van der Waals surface area contributed by atoms with Crippen molar-refractivity contribution in [3.05, 3.63) is 52.4 Å². The molecule has 0 bridgehead atoms. The number of non-ortho nitro benzene ring substituents is 1. The smallest absolute Gasteiger partial charge is 0.277 e. The van der Waals surface area contributed by atoms with Gasteiger partial charge in [0.2, 0.25) is 0 Å². The number of pyridine rings is 1. The summed E-state index contributed by atoms with van der Waals surface area (Å²) >= 11 is 0. The van der Waals surface area contributed by atoms with Crippen molar-refractivity contribution in [2.45, 2.75) is 13.8 Å². The molecular weight excluding hydrogens is 242 g/mol. The number of allylic oxidation sites excluding steroid dienone is 1. The lowest BCUT2D eigenvalue weighted by Crippen LogP contribution is -2.00. The second-order valence-corrected chi connectivity index (χ2v) is 4.47. The molecule has 0 fully saturated rings. The van der Waals surface area contributed by atoms with E-state index in [4.69, 9.17) is 0 Å². The zero-order valence-corrected chi connectivity index (χ0v) is 10.9. The molecule has 1 heterocycles. The molecule has 0 unspecified atom stereocenters. The van der Waals surface area contributed by atoms with Gasteiger partial charge in [0.15, 0.2) is 0 Å². The third-order valence-corrected chi connectivity index (χ3v) is 2.79. The maximum absolute atomic E-state index is 11.0. The molecule has 0 atom stereocenters. The summed E-state index contributed by atoms with van der Waals surface area (Å²) in [5, 5.41) is 15.6. The highest BCUT2D eigenvalue weighted by Crippen LogP contribution is 2.30. The molecule has 1 aromatic carbocycles. The number of aromatic nitrogens is 1. The van der Waals surface area contributed by atoms with E-state index in [9.17, 15) is 10.1 Å². The van der Waals surface area contributed by atoms with Gasteiger partial charge in [0.1, 0.15) is 0 Å². The van der Waals surface area contributed by atoms with E-state index in [2.05, 4.69) is 16.4 Å². The molecule has 2 aromatic rings. The zero-order valence-electron chi connectivity index (χ0n) is 10.9. The van der Waals surface area contributed by atoms with Gasteiger partial charge in [-0.25, -0.2) is 0 Å². The Morgan fingerprint density at radius 3 is 2.84 bits per heavy atom. The summed E-state index contributed by atoms with van der Waals surface area (Å²) in [6.45, 7) is 4.73. The molecule has 0 saturated heterocycles. The molecule has 0 aliphatic carbocycles. The van der Waals surface area contributed by atoms with Crippen LogP contribution >= 0.6 is 0 Å². The number of benzene rings is 1. The molecule has 0 radical (unpaired) electrons. The Balaban J connectivity index is 2.44. The monoisotopic (exact) mass is 257 g/mol. The fourth-order valence-electron chi connectivity index (χ4n) is 1.85. The zero-order chi connectivity index (χ0) is 13.8. The number of nitrogens with one attached hydrogen (secondary N) is 1. The van der Waals surface area contributed by atoms with Crippen LogP contribution < -0.4 is 5.32 Å². The molecular formula is C14H15N3O2. The van der Waals surface area contributed by atoms with E-state index in [1.54, 1.807) is 24.5 Å². The van der Waals surface area contributed by atoms with Gasteiger partial charge in [0.05, 0.1) is 10.3 Å². The third-order valence-electron chi connectivity index (χ3n) is 2.79. The molecule has 1 N–H and O–H groups in total. The van der Waals surface area contributed by atoms with E-state index in [0.717, 1.165) is 11.1 Å². The van der Waals surface area contributed by atoms with Gasteiger partial charge in [0, 0.05) is 36.1 Å². The van der Waals surface area contributed by atoms with Crippen LogP contribution in [0.15, 0.2) is 42.2 Å². The van der Waals surface area contributed by atoms with E-state index in [1.165, 1.54) is 11.6 Å². The number of fused-ring (bicyclic) bond motifs is 1. The van der Waals surface area contributed by atoms with Crippen LogP contribution in [0.3, 0.4) is 0 Å². The molecule has 0 spiro atoms. The van der Waals surface area contributed by atoms with Gasteiger partial charge >= 0.3 is 0 Å². The molecule has 0 aliphatic heterocycles. The molecule has 0 aliphatic rings. The van der Waals surface area contributed by atoms with Crippen LogP contribution in [0.5, 0.6) is 0 Å². The van der Waals surface area contributed by atoms with Crippen molar-refractivity contribution in [1.82, 2.24) is 4.98 Å². The van der Waals surface area contributed by atoms with Crippen molar-refractivity contribution >= 4 is 22.1 Å². The molecule has 0 amide bonds. The van der Waals surface area contributed by atoms with Gasteiger partial charge in [-0.2, -0.15) is 0 Å². The van der Waals surface area contributed by atoms with Gasteiger partial charge in [0.25, 0.3) is 5.69 Å². The highest BCUT2D eigenvalue weighted by molar-refractivity contribution is 5.99. The number of nitro benzene ring substituents is 1. The Bertz CT molecular complexity index is 646. The van der Waals surface area contributed by atoms with Gasteiger partial charge in [-0.05, 0) is 26.0 Å². The van der Waals surface area contributed by atoms with Gasteiger partial charge < -0.3 is 5.32 Å². The Labute approximate surface area is 111 Å². The number of nitrogens with zero attached hydrogens (tertiary/aromatic N) is 2. The normalized spacial score (nSPS) is 10.2. The average Bonchev–Trinajstić information content (AvgIpc) is 2.38. The van der Waals surface area contributed by atoms with Crippen molar-refractivity contribution in [1.29, 1.82) is 0 Å². The van der Waals surface area contributed by atoms with E-state index in [0.29, 0.717) is 11.9 Å². The molecule has 98 valence electrons. The standard InChI is InChI=1S/C14H15N3O2/c1-10(2)5-8-16-13-3-4-14(17(18)19)11-6-7-15-9-12(11)13/h3-7,9,16H,8H2,1-2H3. The Morgan fingerprint density at radius 2 is 2.16 bits per heavy atom. The van der Waals surface area contributed by atoms with Crippen LogP contribution in [0.25, 0.3) is 10.8 Å². The first-order chi connectivity index (χ1) is 9.09. The number of rotatable bonds is 4. The third kappa shape index (κ3) is 2.88. The topological polar surface area (TPSA) is 68.1 Å². The van der Waals surface area contributed by atoms with Crippen molar-refractivity contribution in [3.63, 3.8) is 0 Å². The summed E-state index contributed by atoms with van der Waals surface area (Å²) < 4.78 is 0. The maximum atomic E-state index is 11.0. The van der Waals surface area contributed by atoms with Crippen LogP contribution in [0, 0.1) is 10.1 Å². The Kier molecular flexibility index (Phi) is 3.75. The van der Waals surface area contributed by atoms with Crippen LogP contribution in [-0.4, -0.2) is 16.5 Å². The lowest BCUT2D eigenvalue weighted by Gasteiger charge is -2.08. The molecule has 2 rings (SSSR count). The van der Waals surface area contributed by atoms with E-state index in [-0.39, 0.29) is 10.6 Å². The molecule has 0 saturated carbocycles. The predicted octanol–water partition coefficient (Wildman–Crippen LogP) is 3.52. The molecule has 19 heavy (non-hydrogen) atoms. The highest BCUT2D eigenvalue weighted by Gasteiger charge is 2.13. The molecule has 1 aromatic heterocycles. The SMILES string of the molecule is CC(C)=CCNc1ccc([N+](=O)[O-])c2ccncc12. The lowest BCUT2D eigenvalue weighted by molar-refractivity contribution is -0.383. The summed E-state index contributed by atoms with van der Waals surface area (Å²) in [6.07, 6.45) is 5.27. The minimum Gasteiger partial charge on any atom is -0.381 e. The van der Waals surface area contributed by atoms with Gasteiger partial charge in [-0.3, -0.25) is 15.1 Å². The first-order valence-electron chi connectivity index (χ1n) is 5.98. The summed E-state index contributed by atoms with van der Waals surface area (Å²) in [6, 6.07) is 4.91. The van der Waals surface area contributed by atoms with Crippen LogP contribution in [0.4, 0.5) is 11.4 Å². The second kappa shape index (κ2) is 5.48. The average molecular weight is 257 g/mol. The fraction of sp³-hybridized carbons (Fsp3) is 0.214. The van der Waals surface area contributed by atoms with Crippen LogP contribution in [0.1, 0.15) is 13.8 Å². The van der Waals surface area contributed by atoms with Crippen LogP contribution in [0.2, 0.25) is 0 Å². The Hall–Kier alpha value is -2.43. The van der Waals surface area contributed by atoms with E-state index < -0.39 is 0 Å². The maximum Gasteiger partial charge on any atom is 0.277 e. The Morgan fingerprint density at radius 1 is 1.37 bits per heavy atom. The highest BCUT2D eigenvalue weighted by atomic mass is 16.6. The van der Waals surface area contributed by atoms with Crippen LogP contribution in [-0.2, 0) is 0 Å².